The van der Waals surface area contributed by atoms with Gasteiger partial charge in [0.1, 0.15) is 5.58 Å². The third-order valence-corrected chi connectivity index (χ3v) is 5.00. The molecule has 4 nitrogen and oxygen atoms in total. The Morgan fingerprint density at radius 3 is 2.92 bits per heavy atom. The fourth-order valence-electron chi connectivity index (χ4n) is 2.61. The van der Waals surface area contributed by atoms with E-state index in [4.69, 9.17) is 22.4 Å². The molecular formula is C19H11ClN2O2S. The molecule has 25 heavy (non-hydrogen) atoms. The van der Waals surface area contributed by atoms with Crippen LogP contribution >= 0.6 is 22.9 Å². The average Bonchev–Trinajstić information content (AvgIpc) is 3.17. The van der Waals surface area contributed by atoms with E-state index >= 15 is 0 Å². The van der Waals surface area contributed by atoms with Crippen molar-refractivity contribution < 1.29 is 9.21 Å². The first-order valence-corrected chi connectivity index (χ1v) is 8.65. The standard InChI is InChI=1S/C19H11ClN2O2S/c1-2-9-22-14-8-7-13(20)11-17(14)25-19(22)21-18(23)16-10-12-5-3-4-6-15(12)24-16/h1,3-8,10-11H,9H2. The molecule has 0 unspecified atom stereocenters. The van der Waals surface area contributed by atoms with Crippen molar-refractivity contribution in [3.63, 3.8) is 0 Å². The number of para-hydroxylation sites is 1. The molecular weight excluding hydrogens is 356 g/mol. The minimum Gasteiger partial charge on any atom is -0.451 e. The van der Waals surface area contributed by atoms with E-state index in [2.05, 4.69) is 10.9 Å². The maximum atomic E-state index is 12.5. The van der Waals surface area contributed by atoms with Crippen LogP contribution in [0.2, 0.25) is 5.02 Å². The van der Waals surface area contributed by atoms with E-state index in [1.807, 2.05) is 41.0 Å². The normalized spacial score (nSPS) is 11.9. The van der Waals surface area contributed by atoms with E-state index in [0.717, 1.165) is 15.6 Å². The van der Waals surface area contributed by atoms with Gasteiger partial charge in [0, 0.05) is 10.4 Å². The predicted octanol–water partition coefficient (Wildman–Crippen LogP) is 4.48. The first-order valence-electron chi connectivity index (χ1n) is 7.46. The fraction of sp³-hybridized carbons (Fsp3) is 0.0526. The van der Waals surface area contributed by atoms with Gasteiger partial charge in [-0.15, -0.1) is 6.42 Å². The molecule has 2 aromatic heterocycles. The van der Waals surface area contributed by atoms with Crippen LogP contribution in [0, 0.1) is 12.3 Å². The van der Waals surface area contributed by atoms with E-state index in [9.17, 15) is 4.79 Å². The fourth-order valence-corrected chi connectivity index (χ4v) is 3.91. The van der Waals surface area contributed by atoms with Crippen molar-refractivity contribution in [3.8, 4) is 12.3 Å². The molecule has 2 heterocycles. The molecule has 122 valence electrons. The number of thiazole rings is 1. The van der Waals surface area contributed by atoms with Crippen molar-refractivity contribution >= 4 is 50.0 Å². The first-order chi connectivity index (χ1) is 12.2. The second-order valence-corrected chi connectivity index (χ2v) is 6.80. The molecule has 4 aromatic rings. The molecule has 0 fully saturated rings. The van der Waals surface area contributed by atoms with Gasteiger partial charge in [0.05, 0.1) is 16.8 Å². The van der Waals surface area contributed by atoms with Gasteiger partial charge in [-0.05, 0) is 30.3 Å². The SMILES string of the molecule is C#CCn1c(=NC(=O)c2cc3ccccc3o2)sc2cc(Cl)ccc21. The van der Waals surface area contributed by atoms with Crippen LogP contribution < -0.4 is 4.80 Å². The van der Waals surface area contributed by atoms with Crippen molar-refractivity contribution in [1.29, 1.82) is 0 Å². The highest BCUT2D eigenvalue weighted by Crippen LogP contribution is 2.22. The van der Waals surface area contributed by atoms with Crippen LogP contribution in [-0.2, 0) is 6.54 Å². The summed E-state index contributed by atoms with van der Waals surface area (Å²) in [6.07, 6.45) is 5.47. The number of carbonyl (C=O) groups is 1. The molecule has 0 bridgehead atoms. The van der Waals surface area contributed by atoms with Gasteiger partial charge in [0.15, 0.2) is 10.6 Å². The molecule has 0 spiro atoms. The minimum atomic E-state index is -0.445. The Morgan fingerprint density at radius 2 is 2.12 bits per heavy atom. The summed E-state index contributed by atoms with van der Waals surface area (Å²) in [5.74, 6) is 2.35. The summed E-state index contributed by atoms with van der Waals surface area (Å²) >= 11 is 7.41. The Hall–Kier alpha value is -2.81. The number of rotatable bonds is 2. The summed E-state index contributed by atoms with van der Waals surface area (Å²) in [5, 5.41) is 1.48. The lowest BCUT2D eigenvalue weighted by Crippen LogP contribution is -2.16. The number of terminal acetylenes is 1. The van der Waals surface area contributed by atoms with Crippen LogP contribution in [0.3, 0.4) is 0 Å². The molecule has 0 aliphatic carbocycles. The lowest BCUT2D eigenvalue weighted by molar-refractivity contribution is 0.0973. The number of benzene rings is 2. The maximum Gasteiger partial charge on any atom is 0.315 e. The first kappa shape index (κ1) is 15.7. The number of furan rings is 1. The number of nitrogens with zero attached hydrogens (tertiary/aromatic N) is 2. The van der Waals surface area contributed by atoms with Gasteiger partial charge in [-0.3, -0.25) is 4.79 Å². The summed E-state index contributed by atoms with van der Waals surface area (Å²) in [4.78, 5) is 17.3. The van der Waals surface area contributed by atoms with Crippen LogP contribution in [0.25, 0.3) is 21.2 Å². The van der Waals surface area contributed by atoms with Crippen LogP contribution in [-0.4, -0.2) is 10.5 Å². The molecule has 6 heteroatoms. The van der Waals surface area contributed by atoms with E-state index < -0.39 is 5.91 Å². The van der Waals surface area contributed by atoms with Crippen LogP contribution in [0.1, 0.15) is 10.6 Å². The van der Waals surface area contributed by atoms with E-state index in [-0.39, 0.29) is 5.76 Å². The van der Waals surface area contributed by atoms with E-state index in [1.165, 1.54) is 11.3 Å². The van der Waals surface area contributed by atoms with Crippen LogP contribution in [0.5, 0.6) is 0 Å². The molecule has 0 radical (unpaired) electrons. The minimum absolute atomic E-state index is 0.198. The van der Waals surface area contributed by atoms with Gasteiger partial charge in [-0.25, -0.2) is 0 Å². The molecule has 0 N–H and O–H groups in total. The van der Waals surface area contributed by atoms with Crippen LogP contribution in [0.4, 0.5) is 0 Å². The number of carbonyl (C=O) groups excluding carboxylic acids is 1. The zero-order valence-electron chi connectivity index (χ0n) is 12.9. The zero-order chi connectivity index (χ0) is 17.4. The van der Waals surface area contributed by atoms with E-state index in [1.54, 1.807) is 12.1 Å². The number of hydrogen-bond acceptors (Lipinski definition) is 3. The third kappa shape index (κ3) is 2.86. The Kier molecular flexibility index (Phi) is 3.92. The molecule has 0 aliphatic rings. The Morgan fingerprint density at radius 1 is 1.28 bits per heavy atom. The topological polar surface area (TPSA) is 47.5 Å². The van der Waals surface area contributed by atoms with Crippen molar-refractivity contribution in [2.45, 2.75) is 6.54 Å². The van der Waals surface area contributed by atoms with Gasteiger partial charge in [0.2, 0.25) is 0 Å². The summed E-state index contributed by atoms with van der Waals surface area (Å²) in [5.41, 5.74) is 1.55. The Labute approximate surface area is 152 Å². The van der Waals surface area contributed by atoms with Gasteiger partial charge in [-0.1, -0.05) is 47.1 Å². The van der Waals surface area contributed by atoms with E-state index in [0.29, 0.717) is 22.0 Å². The number of aromatic nitrogens is 1. The largest absolute Gasteiger partial charge is 0.451 e. The highest BCUT2D eigenvalue weighted by atomic mass is 35.5. The molecule has 1 amide bonds. The lowest BCUT2D eigenvalue weighted by atomic mass is 10.2. The van der Waals surface area contributed by atoms with Gasteiger partial charge < -0.3 is 8.98 Å². The van der Waals surface area contributed by atoms with Crippen LogP contribution in [0.15, 0.2) is 57.9 Å². The van der Waals surface area contributed by atoms with Gasteiger partial charge in [0.25, 0.3) is 0 Å². The third-order valence-electron chi connectivity index (χ3n) is 3.73. The second-order valence-electron chi connectivity index (χ2n) is 5.35. The smallest absolute Gasteiger partial charge is 0.315 e. The van der Waals surface area contributed by atoms with Crippen molar-refractivity contribution in [1.82, 2.24) is 4.57 Å². The summed E-state index contributed by atoms with van der Waals surface area (Å²) in [7, 11) is 0. The number of hydrogen-bond donors (Lipinski definition) is 0. The Balaban J connectivity index is 1.86. The second kappa shape index (κ2) is 6.25. The highest BCUT2D eigenvalue weighted by Gasteiger charge is 2.13. The van der Waals surface area contributed by atoms with Gasteiger partial charge >= 0.3 is 5.91 Å². The monoisotopic (exact) mass is 366 g/mol. The summed E-state index contributed by atoms with van der Waals surface area (Å²) in [6.45, 7) is 0.313. The Bertz CT molecular complexity index is 1190. The lowest BCUT2D eigenvalue weighted by Gasteiger charge is -1.99. The molecule has 0 saturated heterocycles. The zero-order valence-corrected chi connectivity index (χ0v) is 14.5. The molecule has 0 saturated carbocycles. The van der Waals surface area contributed by atoms with Crippen molar-refractivity contribution in [2.75, 3.05) is 0 Å². The van der Waals surface area contributed by atoms with Crippen molar-refractivity contribution in [2.24, 2.45) is 4.99 Å². The van der Waals surface area contributed by atoms with Gasteiger partial charge in [-0.2, -0.15) is 4.99 Å². The highest BCUT2D eigenvalue weighted by molar-refractivity contribution is 7.16. The number of fused-ring (bicyclic) bond motifs is 2. The van der Waals surface area contributed by atoms with Crippen molar-refractivity contribution in [3.05, 3.63) is 64.1 Å². The maximum absolute atomic E-state index is 12.5. The molecule has 2 aromatic carbocycles. The quantitative estimate of drug-likeness (QED) is 0.491. The molecule has 0 atom stereocenters. The molecule has 0 aliphatic heterocycles. The number of halogens is 1. The summed E-state index contributed by atoms with van der Waals surface area (Å²) < 4.78 is 8.32. The average molecular weight is 367 g/mol. The number of amides is 1. The molecule has 4 rings (SSSR count). The summed E-state index contributed by atoms with van der Waals surface area (Å²) in [6, 6.07) is 14.6. The predicted molar refractivity (Wildman–Crippen MR) is 99.8 cm³/mol.